The molecule has 5 nitrogen and oxygen atoms in total. The van der Waals surface area contributed by atoms with E-state index < -0.39 is 0 Å². The number of fused-ring (bicyclic) bond motifs is 6. The molecule has 2 aliphatic rings. The number of nitrogens with one attached hydrogen (secondary N) is 1. The Morgan fingerprint density at radius 1 is 1.17 bits per heavy atom. The summed E-state index contributed by atoms with van der Waals surface area (Å²) >= 11 is 6.30. The van der Waals surface area contributed by atoms with Gasteiger partial charge in [-0.25, -0.2) is 0 Å². The summed E-state index contributed by atoms with van der Waals surface area (Å²) in [4.78, 5) is 18.5. The molecule has 0 spiro atoms. The van der Waals surface area contributed by atoms with Crippen LogP contribution in [0.5, 0.6) is 11.5 Å². The number of amides is 1. The van der Waals surface area contributed by atoms with Gasteiger partial charge in [-0.15, -0.1) is 11.6 Å². The summed E-state index contributed by atoms with van der Waals surface area (Å²) in [5, 5.41) is 13.3. The number of benzene rings is 3. The number of alkyl halides is 1. The van der Waals surface area contributed by atoms with Gasteiger partial charge in [0, 0.05) is 52.7 Å². The first-order valence-electron chi connectivity index (χ1n) is 10.1. The van der Waals surface area contributed by atoms with Crippen LogP contribution in [0, 0.1) is 0 Å². The minimum Gasteiger partial charge on any atom is -0.507 e. The number of H-pyrrole nitrogens is 1. The highest BCUT2D eigenvalue weighted by Gasteiger charge is 2.35. The van der Waals surface area contributed by atoms with Crippen molar-refractivity contribution in [1.29, 1.82) is 0 Å². The summed E-state index contributed by atoms with van der Waals surface area (Å²) in [6.45, 7) is 1.16. The Kier molecular flexibility index (Phi) is 3.77. The predicted octanol–water partition coefficient (Wildman–Crippen LogP) is 4.94. The maximum atomic E-state index is 13.5. The van der Waals surface area contributed by atoms with E-state index in [9.17, 15) is 9.90 Å². The zero-order valence-electron chi connectivity index (χ0n) is 16.1. The van der Waals surface area contributed by atoms with Gasteiger partial charge in [0.1, 0.15) is 17.2 Å². The average molecular weight is 419 g/mol. The molecular formula is C24H19ClN2O3. The van der Waals surface area contributed by atoms with Gasteiger partial charge >= 0.3 is 0 Å². The van der Waals surface area contributed by atoms with Crippen LogP contribution in [-0.4, -0.2) is 35.0 Å². The smallest absolute Gasteiger partial charge is 0.274 e. The molecule has 150 valence electrons. The number of aromatic amines is 1. The Bertz CT molecular complexity index is 1340. The number of halogens is 1. The molecule has 2 aliphatic heterocycles. The summed E-state index contributed by atoms with van der Waals surface area (Å²) < 4.78 is 5.65. The van der Waals surface area contributed by atoms with Gasteiger partial charge in [-0.3, -0.25) is 4.79 Å². The van der Waals surface area contributed by atoms with Crippen molar-refractivity contribution in [1.82, 2.24) is 4.98 Å². The van der Waals surface area contributed by atoms with Gasteiger partial charge in [0.05, 0.1) is 12.3 Å². The van der Waals surface area contributed by atoms with E-state index in [2.05, 4.69) is 4.98 Å². The third-order valence-electron chi connectivity index (χ3n) is 6.29. The molecule has 1 atom stereocenters. The highest BCUT2D eigenvalue weighted by atomic mass is 35.5. The Labute approximate surface area is 177 Å². The van der Waals surface area contributed by atoms with E-state index in [1.807, 2.05) is 42.5 Å². The number of hydrogen-bond acceptors (Lipinski definition) is 3. The van der Waals surface area contributed by atoms with Crippen LogP contribution in [0.3, 0.4) is 0 Å². The van der Waals surface area contributed by atoms with Crippen molar-refractivity contribution in [3.05, 3.63) is 65.4 Å². The highest BCUT2D eigenvalue weighted by molar-refractivity contribution is 6.19. The fraction of sp³-hybridized carbons (Fsp3) is 0.208. The second kappa shape index (κ2) is 6.41. The molecule has 0 aliphatic carbocycles. The molecule has 1 amide bonds. The molecule has 0 fully saturated rings. The van der Waals surface area contributed by atoms with Gasteiger partial charge < -0.3 is 19.7 Å². The van der Waals surface area contributed by atoms with Gasteiger partial charge in [0.15, 0.2) is 0 Å². The first-order chi connectivity index (χ1) is 14.7. The Balaban J connectivity index is 1.48. The minimum absolute atomic E-state index is 0.0122. The van der Waals surface area contributed by atoms with E-state index in [0.717, 1.165) is 50.7 Å². The number of aromatic hydroxyl groups is 1. The number of carbonyl (C=O) groups is 1. The van der Waals surface area contributed by atoms with E-state index in [4.69, 9.17) is 16.3 Å². The zero-order chi connectivity index (χ0) is 20.4. The van der Waals surface area contributed by atoms with E-state index in [1.165, 1.54) is 0 Å². The van der Waals surface area contributed by atoms with Crippen LogP contribution in [0.4, 0.5) is 5.69 Å². The molecule has 0 saturated heterocycles. The molecule has 30 heavy (non-hydrogen) atoms. The average Bonchev–Trinajstić information content (AvgIpc) is 3.48. The maximum Gasteiger partial charge on any atom is 0.274 e. The van der Waals surface area contributed by atoms with Gasteiger partial charge in [-0.2, -0.15) is 0 Å². The topological polar surface area (TPSA) is 65.6 Å². The highest BCUT2D eigenvalue weighted by Crippen LogP contribution is 2.45. The van der Waals surface area contributed by atoms with Crippen molar-refractivity contribution in [2.24, 2.45) is 0 Å². The number of phenols is 1. The molecule has 1 aromatic heterocycles. The molecule has 2 N–H and O–H groups in total. The second-order valence-corrected chi connectivity index (χ2v) is 8.23. The van der Waals surface area contributed by atoms with Crippen LogP contribution in [0.1, 0.15) is 27.5 Å². The number of carbonyl (C=O) groups excluding carboxylic acids is 1. The summed E-state index contributed by atoms with van der Waals surface area (Å²) in [5.41, 5.74) is 4.36. The lowest BCUT2D eigenvalue weighted by Gasteiger charge is -2.17. The molecule has 0 unspecified atom stereocenters. The summed E-state index contributed by atoms with van der Waals surface area (Å²) in [6, 6.07) is 15.2. The quantitative estimate of drug-likeness (QED) is 0.453. The number of ether oxygens (including phenoxy) is 1. The lowest BCUT2D eigenvalue weighted by atomic mass is 9.95. The van der Waals surface area contributed by atoms with Crippen molar-refractivity contribution >= 4 is 44.9 Å². The molecular weight excluding hydrogens is 400 g/mol. The lowest BCUT2D eigenvalue weighted by molar-refractivity contribution is 0.0984. The summed E-state index contributed by atoms with van der Waals surface area (Å²) in [7, 11) is 0. The van der Waals surface area contributed by atoms with Crippen molar-refractivity contribution < 1.29 is 14.6 Å². The normalized spacial score (nSPS) is 17.4. The van der Waals surface area contributed by atoms with Crippen LogP contribution in [0.2, 0.25) is 0 Å². The van der Waals surface area contributed by atoms with Gasteiger partial charge in [-0.1, -0.05) is 24.3 Å². The molecule has 4 aromatic rings. The largest absolute Gasteiger partial charge is 0.507 e. The third-order valence-corrected chi connectivity index (χ3v) is 6.66. The number of nitrogens with zero attached hydrogens (tertiary/aromatic N) is 1. The molecule has 0 radical (unpaired) electrons. The first kappa shape index (κ1) is 17.7. The van der Waals surface area contributed by atoms with Crippen LogP contribution in [0.25, 0.3) is 21.7 Å². The number of rotatable bonds is 2. The minimum atomic E-state index is -0.123. The fourth-order valence-electron chi connectivity index (χ4n) is 4.91. The number of aromatic nitrogens is 1. The van der Waals surface area contributed by atoms with Gasteiger partial charge in [-0.05, 0) is 29.1 Å². The maximum absolute atomic E-state index is 13.5. The van der Waals surface area contributed by atoms with E-state index >= 15 is 0 Å². The lowest BCUT2D eigenvalue weighted by Crippen LogP contribution is -2.30. The SMILES string of the molecule is O=C(c1cc2c3c(ccc2[nH]1)OCC3)N1C[C@@H](CCl)c2c1cc(O)c1ccccc21. The van der Waals surface area contributed by atoms with E-state index in [0.29, 0.717) is 24.7 Å². The molecule has 3 heterocycles. The molecule has 0 saturated carbocycles. The number of hydrogen-bond donors (Lipinski definition) is 2. The Morgan fingerprint density at radius 2 is 2.00 bits per heavy atom. The van der Waals surface area contributed by atoms with Crippen molar-refractivity contribution in [2.75, 3.05) is 23.9 Å². The van der Waals surface area contributed by atoms with E-state index in [-0.39, 0.29) is 17.6 Å². The van der Waals surface area contributed by atoms with Crippen molar-refractivity contribution in [3.63, 3.8) is 0 Å². The molecule has 3 aromatic carbocycles. The first-order valence-corrected chi connectivity index (χ1v) is 10.6. The monoisotopic (exact) mass is 418 g/mol. The third kappa shape index (κ3) is 2.39. The van der Waals surface area contributed by atoms with E-state index in [1.54, 1.807) is 11.0 Å². The second-order valence-electron chi connectivity index (χ2n) is 7.93. The van der Waals surface area contributed by atoms with Crippen LogP contribution in [-0.2, 0) is 6.42 Å². The summed E-state index contributed by atoms with van der Waals surface area (Å²) in [5.74, 6) is 1.36. The fourth-order valence-corrected chi connectivity index (χ4v) is 5.16. The Morgan fingerprint density at radius 3 is 2.83 bits per heavy atom. The number of phenolic OH excluding ortho intramolecular Hbond substituents is 1. The van der Waals surface area contributed by atoms with Gasteiger partial charge in [0.25, 0.3) is 5.91 Å². The zero-order valence-corrected chi connectivity index (χ0v) is 16.9. The molecule has 6 heteroatoms. The van der Waals surface area contributed by atoms with Crippen LogP contribution in [0.15, 0.2) is 48.5 Å². The Hall–Kier alpha value is -3.18. The standard InChI is InChI=1S/C24H19ClN2O3/c25-11-13-12-27(20-10-21(28)14-3-1-2-4-16(14)23(13)20)24(29)19-9-17-15-7-8-30-22(15)6-5-18(17)26-19/h1-6,9-10,13,26,28H,7-8,11-12H2/t13-/m1/s1. The molecule has 6 rings (SSSR count). The predicted molar refractivity (Wildman–Crippen MR) is 118 cm³/mol. The van der Waals surface area contributed by atoms with Crippen molar-refractivity contribution in [3.8, 4) is 11.5 Å². The number of anilines is 1. The molecule has 0 bridgehead atoms. The van der Waals surface area contributed by atoms with Crippen LogP contribution < -0.4 is 9.64 Å². The van der Waals surface area contributed by atoms with Crippen LogP contribution >= 0.6 is 11.6 Å². The summed E-state index contributed by atoms with van der Waals surface area (Å²) in [6.07, 6.45) is 0.846. The van der Waals surface area contributed by atoms with Crippen molar-refractivity contribution in [2.45, 2.75) is 12.3 Å². The van der Waals surface area contributed by atoms with Gasteiger partial charge in [0.2, 0.25) is 0 Å².